The first-order valence-electron chi connectivity index (χ1n) is 19.0. The van der Waals surface area contributed by atoms with Crippen LogP contribution in [-0.2, 0) is 21.2 Å². The number of benzene rings is 6. The molecule has 0 bridgehead atoms. The SMILES string of the molecule is O=S([O-])c1cc(Nc2nc(Nc3ccccc3)nc(Nc3ccccc3)n2)ccc1/C=C/c1ccc(Nc2nc(Nc3ccccc3)nc(Nc3ccccc3)n2)cc1S(=O)(=O)O. The van der Waals surface area contributed by atoms with Crippen LogP contribution in [0.3, 0.4) is 0 Å². The average molecular weight is 876 g/mol. The molecule has 17 nitrogen and oxygen atoms in total. The van der Waals surface area contributed by atoms with Crippen LogP contribution in [0.4, 0.5) is 69.8 Å². The fraction of sp³-hybridized carbons (Fsp3) is 0. The van der Waals surface area contributed by atoms with Crippen LogP contribution >= 0.6 is 0 Å². The highest BCUT2D eigenvalue weighted by Crippen LogP contribution is 2.29. The van der Waals surface area contributed by atoms with Gasteiger partial charge in [0.05, 0.1) is 0 Å². The second-order valence-electron chi connectivity index (χ2n) is 13.4. The van der Waals surface area contributed by atoms with E-state index >= 15 is 0 Å². The zero-order valence-electron chi connectivity index (χ0n) is 32.7. The van der Waals surface area contributed by atoms with Gasteiger partial charge < -0.3 is 36.5 Å². The van der Waals surface area contributed by atoms with Gasteiger partial charge in [-0.2, -0.15) is 38.3 Å². The summed E-state index contributed by atoms with van der Waals surface area (Å²) in [5.74, 6) is 1.02. The number of hydrogen-bond acceptors (Lipinski definition) is 16. The molecule has 8 aromatic rings. The maximum atomic E-state index is 12.7. The number of para-hydroxylation sites is 4. The first-order valence-corrected chi connectivity index (χ1v) is 21.5. The molecule has 0 aliphatic heterocycles. The highest BCUT2D eigenvalue weighted by molar-refractivity contribution is 7.86. The van der Waals surface area contributed by atoms with E-state index in [2.05, 4.69) is 61.8 Å². The zero-order chi connectivity index (χ0) is 43.6. The maximum Gasteiger partial charge on any atom is 0.295 e. The van der Waals surface area contributed by atoms with Crippen LogP contribution in [-0.4, -0.2) is 51.6 Å². The summed E-state index contributed by atoms with van der Waals surface area (Å²) in [6, 6.07) is 45.9. The van der Waals surface area contributed by atoms with Crippen LogP contribution in [0.2, 0.25) is 0 Å². The van der Waals surface area contributed by atoms with Crippen LogP contribution in [0.25, 0.3) is 12.2 Å². The normalized spacial score (nSPS) is 11.7. The molecule has 0 saturated heterocycles. The van der Waals surface area contributed by atoms with E-state index < -0.39 is 26.1 Å². The van der Waals surface area contributed by atoms with Crippen molar-refractivity contribution < 1.29 is 21.7 Å². The molecule has 63 heavy (non-hydrogen) atoms. The van der Waals surface area contributed by atoms with Gasteiger partial charge in [-0.05, 0) is 95.0 Å². The van der Waals surface area contributed by atoms with E-state index in [9.17, 15) is 21.7 Å². The zero-order valence-corrected chi connectivity index (χ0v) is 34.4. The highest BCUT2D eigenvalue weighted by Gasteiger charge is 2.17. The Morgan fingerprint density at radius 3 is 1.06 bits per heavy atom. The number of nitrogens with zero attached hydrogens (tertiary/aromatic N) is 6. The predicted molar refractivity (Wildman–Crippen MR) is 244 cm³/mol. The van der Waals surface area contributed by atoms with Gasteiger partial charge in [-0.3, -0.25) is 8.76 Å². The molecule has 0 saturated carbocycles. The quantitative estimate of drug-likeness (QED) is 0.0272. The van der Waals surface area contributed by atoms with Crippen molar-refractivity contribution in [2.75, 3.05) is 31.9 Å². The second-order valence-corrected chi connectivity index (χ2v) is 15.7. The van der Waals surface area contributed by atoms with Gasteiger partial charge in [0.1, 0.15) is 4.90 Å². The smallest absolute Gasteiger partial charge is 0.295 e. The van der Waals surface area contributed by atoms with Crippen molar-refractivity contribution >= 4 is 103 Å². The molecule has 0 fully saturated rings. The van der Waals surface area contributed by atoms with Crippen molar-refractivity contribution in [3.63, 3.8) is 0 Å². The molecule has 0 radical (unpaired) electrons. The molecule has 0 spiro atoms. The topological polar surface area (TPSA) is 244 Å². The van der Waals surface area contributed by atoms with Crippen LogP contribution in [0.1, 0.15) is 11.1 Å². The van der Waals surface area contributed by atoms with Gasteiger partial charge in [0.25, 0.3) is 10.1 Å². The van der Waals surface area contributed by atoms with Gasteiger partial charge in [0.2, 0.25) is 35.7 Å². The van der Waals surface area contributed by atoms with Crippen molar-refractivity contribution in [1.29, 1.82) is 0 Å². The lowest BCUT2D eigenvalue weighted by Crippen LogP contribution is -2.08. The fourth-order valence-corrected chi connectivity index (χ4v) is 7.26. The lowest BCUT2D eigenvalue weighted by Gasteiger charge is -2.14. The Bertz CT molecular complexity index is 2910. The Labute approximate surface area is 363 Å². The molecule has 314 valence electrons. The van der Waals surface area contributed by atoms with E-state index in [0.717, 1.165) is 22.7 Å². The van der Waals surface area contributed by atoms with E-state index in [1.165, 1.54) is 36.4 Å². The maximum absolute atomic E-state index is 12.7. The third-order valence-corrected chi connectivity index (χ3v) is 10.5. The van der Waals surface area contributed by atoms with Crippen molar-refractivity contribution in [3.05, 3.63) is 169 Å². The molecule has 1 unspecified atom stereocenters. The molecule has 19 heteroatoms. The van der Waals surface area contributed by atoms with Gasteiger partial charge >= 0.3 is 0 Å². The third kappa shape index (κ3) is 11.4. The molecule has 2 heterocycles. The number of rotatable bonds is 16. The van der Waals surface area contributed by atoms with Gasteiger partial charge in [0.15, 0.2) is 0 Å². The van der Waals surface area contributed by atoms with Gasteiger partial charge in [-0.25, -0.2) is 0 Å². The number of nitrogens with one attached hydrogen (secondary N) is 6. The molecule has 8 rings (SSSR count). The van der Waals surface area contributed by atoms with Crippen molar-refractivity contribution in [2.45, 2.75) is 9.79 Å². The van der Waals surface area contributed by atoms with E-state index in [1.807, 2.05) is 121 Å². The third-order valence-electron chi connectivity index (χ3n) is 8.83. The summed E-state index contributed by atoms with van der Waals surface area (Å²) < 4.78 is 60.9. The first kappa shape index (κ1) is 41.6. The lowest BCUT2D eigenvalue weighted by atomic mass is 10.1. The van der Waals surface area contributed by atoms with Crippen molar-refractivity contribution in [2.24, 2.45) is 0 Å². The van der Waals surface area contributed by atoms with E-state index in [0.29, 0.717) is 5.69 Å². The average Bonchev–Trinajstić information content (AvgIpc) is 3.27. The Morgan fingerprint density at radius 1 is 0.429 bits per heavy atom. The monoisotopic (exact) mass is 875 g/mol. The minimum Gasteiger partial charge on any atom is -0.768 e. The molecule has 2 aromatic heterocycles. The second kappa shape index (κ2) is 19.1. The molecular weight excluding hydrogens is 841 g/mol. The fourth-order valence-electron chi connectivity index (χ4n) is 5.99. The molecular formula is C44H35N12O5S2-. The Morgan fingerprint density at radius 2 is 0.730 bits per heavy atom. The number of aromatic nitrogens is 6. The largest absolute Gasteiger partial charge is 0.768 e. The van der Waals surface area contributed by atoms with Crippen LogP contribution in [0.5, 0.6) is 0 Å². The van der Waals surface area contributed by atoms with Gasteiger partial charge in [-0.15, -0.1) is 0 Å². The summed E-state index contributed by atoms with van der Waals surface area (Å²) in [6.07, 6.45) is 2.81. The van der Waals surface area contributed by atoms with Crippen LogP contribution in [0, 0.1) is 0 Å². The predicted octanol–water partition coefficient (Wildman–Crippen LogP) is 9.17. The highest BCUT2D eigenvalue weighted by atomic mass is 32.2. The van der Waals surface area contributed by atoms with Crippen molar-refractivity contribution in [3.8, 4) is 0 Å². The van der Waals surface area contributed by atoms with Crippen LogP contribution in [0.15, 0.2) is 168 Å². The number of hydrogen-bond donors (Lipinski definition) is 7. The summed E-state index contributed by atoms with van der Waals surface area (Å²) in [6.45, 7) is 0. The lowest BCUT2D eigenvalue weighted by molar-refractivity contribution is 0.483. The van der Waals surface area contributed by atoms with E-state index in [4.69, 9.17) is 0 Å². The Kier molecular flexibility index (Phi) is 12.6. The Balaban J connectivity index is 1.05. The summed E-state index contributed by atoms with van der Waals surface area (Å²) in [4.78, 5) is 26.3. The summed E-state index contributed by atoms with van der Waals surface area (Å²) in [7, 11) is -4.80. The molecule has 0 aliphatic carbocycles. The summed E-state index contributed by atoms with van der Waals surface area (Å²) in [5.41, 5.74) is 3.78. The van der Waals surface area contributed by atoms with E-state index in [-0.39, 0.29) is 57.4 Å². The van der Waals surface area contributed by atoms with Gasteiger partial charge in [0, 0.05) is 39.0 Å². The van der Waals surface area contributed by atoms with Crippen molar-refractivity contribution in [1.82, 2.24) is 29.9 Å². The van der Waals surface area contributed by atoms with Crippen LogP contribution < -0.4 is 31.9 Å². The molecule has 0 amide bonds. The minimum atomic E-state index is -4.80. The first-order chi connectivity index (χ1) is 30.6. The molecule has 7 N–H and O–H groups in total. The standard InChI is InChI=1S/C44H36N12O5S2/c57-62(58)37-27-35(49-43-53-39(45-31-13-5-1-6-14-31)51-40(54-43)46-32-15-7-2-8-16-32)25-23-29(37)21-22-30-24-26-36(28-38(30)63(59,60)61)50-44-55-41(47-33-17-9-3-10-18-33)52-42(56-44)48-34-19-11-4-12-20-34/h1-28H,(H,57,58)(H,59,60,61)(H3,45,46,49,51,53,54)(H3,47,48,50,52,55,56)/p-1/b22-21+. The Hall–Kier alpha value is -8.10. The number of anilines is 12. The molecule has 6 aromatic carbocycles. The molecule has 0 aliphatic rings. The summed E-state index contributed by atoms with van der Waals surface area (Å²) >= 11 is -2.73. The summed E-state index contributed by atoms with van der Waals surface area (Å²) in [5, 5.41) is 18.6. The minimum absolute atomic E-state index is 0.0623. The molecule has 1 atom stereocenters. The van der Waals surface area contributed by atoms with E-state index in [1.54, 1.807) is 12.1 Å². The van der Waals surface area contributed by atoms with Gasteiger partial charge in [-0.1, -0.05) is 97.1 Å².